The average molecular weight is 250 g/mol. The van der Waals surface area contributed by atoms with E-state index < -0.39 is 0 Å². The van der Waals surface area contributed by atoms with Crippen LogP contribution in [0.15, 0.2) is 21.4 Å². The van der Waals surface area contributed by atoms with Crippen LogP contribution in [0.25, 0.3) is 0 Å². The van der Waals surface area contributed by atoms with E-state index in [9.17, 15) is 0 Å². The van der Waals surface area contributed by atoms with E-state index in [0.717, 1.165) is 17.0 Å². The molecular formula is C9H10BrClO. The highest BCUT2D eigenvalue weighted by Crippen LogP contribution is 2.49. The maximum atomic E-state index is 5.87. The van der Waals surface area contributed by atoms with E-state index in [0.29, 0.717) is 5.41 Å². The summed E-state index contributed by atoms with van der Waals surface area (Å²) in [6, 6.07) is 2.02. The monoisotopic (exact) mass is 248 g/mol. The predicted octanol–water partition coefficient (Wildman–Crippen LogP) is 3.60. The van der Waals surface area contributed by atoms with E-state index in [4.69, 9.17) is 16.0 Å². The van der Waals surface area contributed by atoms with E-state index in [-0.39, 0.29) is 0 Å². The van der Waals surface area contributed by atoms with Gasteiger partial charge in [0.1, 0.15) is 0 Å². The molecule has 1 saturated carbocycles. The molecule has 0 radical (unpaired) electrons. The zero-order chi connectivity index (χ0) is 8.60. The van der Waals surface area contributed by atoms with Gasteiger partial charge in [-0.05, 0) is 52.2 Å². The second-order valence-corrected chi connectivity index (χ2v) is 4.62. The van der Waals surface area contributed by atoms with Crippen molar-refractivity contribution < 1.29 is 4.42 Å². The second kappa shape index (κ2) is 3.08. The van der Waals surface area contributed by atoms with Gasteiger partial charge in [0.05, 0.1) is 6.26 Å². The van der Waals surface area contributed by atoms with E-state index in [1.807, 2.05) is 6.07 Å². The van der Waals surface area contributed by atoms with Gasteiger partial charge in [0.25, 0.3) is 0 Å². The molecule has 1 aromatic rings. The van der Waals surface area contributed by atoms with Gasteiger partial charge >= 0.3 is 0 Å². The van der Waals surface area contributed by atoms with Crippen LogP contribution in [0.3, 0.4) is 0 Å². The normalized spacial score (nSPS) is 19.5. The zero-order valence-corrected chi connectivity index (χ0v) is 8.99. The molecule has 0 amide bonds. The molecule has 66 valence electrons. The van der Waals surface area contributed by atoms with Gasteiger partial charge in [-0.2, -0.15) is 0 Å². The summed E-state index contributed by atoms with van der Waals surface area (Å²) >= 11 is 9.15. The van der Waals surface area contributed by atoms with Crippen molar-refractivity contribution in [3.05, 3.63) is 22.6 Å². The van der Waals surface area contributed by atoms with Gasteiger partial charge in [0.2, 0.25) is 0 Å². The van der Waals surface area contributed by atoms with Gasteiger partial charge in [-0.1, -0.05) is 0 Å². The van der Waals surface area contributed by atoms with E-state index in [1.54, 1.807) is 6.26 Å². The van der Waals surface area contributed by atoms with Gasteiger partial charge in [-0.25, -0.2) is 0 Å². The number of furan rings is 1. The van der Waals surface area contributed by atoms with Crippen molar-refractivity contribution in [3.8, 4) is 0 Å². The number of hydrogen-bond donors (Lipinski definition) is 0. The molecule has 0 bridgehead atoms. The fraction of sp³-hybridized carbons (Fsp3) is 0.556. The molecule has 2 rings (SSSR count). The number of hydrogen-bond acceptors (Lipinski definition) is 1. The van der Waals surface area contributed by atoms with Crippen molar-refractivity contribution >= 4 is 27.5 Å². The van der Waals surface area contributed by atoms with Crippen LogP contribution in [0.1, 0.15) is 18.4 Å². The Bertz CT molecular complexity index is 278. The standard InChI is InChI=1S/C9H10BrClO/c10-8-3-7(5-12-8)4-9(6-11)1-2-9/h3,5H,1-2,4,6H2. The van der Waals surface area contributed by atoms with Gasteiger partial charge < -0.3 is 4.42 Å². The Morgan fingerprint density at radius 2 is 2.33 bits per heavy atom. The summed E-state index contributed by atoms with van der Waals surface area (Å²) in [5, 5.41) is 0. The van der Waals surface area contributed by atoms with Crippen molar-refractivity contribution in [1.29, 1.82) is 0 Å². The molecule has 1 nitrogen and oxygen atoms in total. The Morgan fingerprint density at radius 1 is 1.58 bits per heavy atom. The predicted molar refractivity (Wildman–Crippen MR) is 52.5 cm³/mol. The van der Waals surface area contributed by atoms with E-state index >= 15 is 0 Å². The van der Waals surface area contributed by atoms with Crippen LogP contribution in [0, 0.1) is 5.41 Å². The Hall–Kier alpha value is 0.0500. The highest BCUT2D eigenvalue weighted by molar-refractivity contribution is 9.10. The molecule has 0 spiro atoms. The Kier molecular flexibility index (Phi) is 2.21. The number of halogens is 2. The largest absolute Gasteiger partial charge is 0.457 e. The Labute approximate surface area is 85.2 Å². The summed E-state index contributed by atoms with van der Waals surface area (Å²) < 4.78 is 5.96. The average Bonchev–Trinajstić information content (AvgIpc) is 2.71. The first kappa shape index (κ1) is 8.64. The summed E-state index contributed by atoms with van der Waals surface area (Å²) in [4.78, 5) is 0. The maximum absolute atomic E-state index is 5.87. The highest BCUT2D eigenvalue weighted by atomic mass is 79.9. The quantitative estimate of drug-likeness (QED) is 0.746. The minimum atomic E-state index is 0.394. The lowest BCUT2D eigenvalue weighted by molar-refractivity contribution is 0.527. The second-order valence-electron chi connectivity index (χ2n) is 3.57. The smallest absolute Gasteiger partial charge is 0.169 e. The molecule has 1 fully saturated rings. The summed E-state index contributed by atoms with van der Waals surface area (Å²) in [6.45, 7) is 0. The molecule has 0 N–H and O–H groups in total. The molecule has 1 aromatic heterocycles. The lowest BCUT2D eigenvalue weighted by atomic mass is 10.0. The molecule has 12 heavy (non-hydrogen) atoms. The molecule has 1 heterocycles. The maximum Gasteiger partial charge on any atom is 0.169 e. The molecule has 0 unspecified atom stereocenters. The third-order valence-electron chi connectivity index (χ3n) is 2.44. The zero-order valence-electron chi connectivity index (χ0n) is 6.65. The minimum absolute atomic E-state index is 0.394. The van der Waals surface area contributed by atoms with Crippen molar-refractivity contribution in [1.82, 2.24) is 0 Å². The fourth-order valence-electron chi connectivity index (χ4n) is 1.41. The molecule has 0 atom stereocenters. The first-order chi connectivity index (χ1) is 5.74. The van der Waals surface area contributed by atoms with Crippen LogP contribution in [-0.4, -0.2) is 5.88 Å². The van der Waals surface area contributed by atoms with Crippen molar-refractivity contribution in [2.75, 3.05) is 5.88 Å². The summed E-state index contributed by atoms with van der Waals surface area (Å²) in [7, 11) is 0. The molecule has 0 aliphatic heterocycles. The summed E-state index contributed by atoms with van der Waals surface area (Å²) in [6.07, 6.45) is 5.39. The van der Waals surface area contributed by atoms with Crippen LogP contribution in [0.2, 0.25) is 0 Å². The fourth-order valence-corrected chi connectivity index (χ4v) is 2.16. The van der Waals surface area contributed by atoms with Crippen molar-refractivity contribution in [2.45, 2.75) is 19.3 Å². The molecule has 1 aliphatic carbocycles. The topological polar surface area (TPSA) is 13.1 Å². The van der Waals surface area contributed by atoms with Crippen LogP contribution < -0.4 is 0 Å². The molecule has 3 heteroatoms. The number of alkyl halides is 1. The van der Waals surface area contributed by atoms with E-state index in [1.165, 1.54) is 18.4 Å². The van der Waals surface area contributed by atoms with Crippen LogP contribution in [0.4, 0.5) is 0 Å². The molecular weight excluding hydrogens is 239 g/mol. The Morgan fingerprint density at radius 3 is 2.75 bits per heavy atom. The van der Waals surface area contributed by atoms with Crippen LogP contribution in [-0.2, 0) is 6.42 Å². The molecule has 0 aromatic carbocycles. The highest BCUT2D eigenvalue weighted by Gasteiger charge is 2.41. The third-order valence-corrected chi connectivity index (χ3v) is 3.42. The molecule has 1 aliphatic rings. The Balaban J connectivity index is 2.04. The summed E-state index contributed by atoms with van der Waals surface area (Å²) in [5.41, 5.74) is 1.64. The third kappa shape index (κ3) is 1.69. The van der Waals surface area contributed by atoms with Crippen molar-refractivity contribution in [2.24, 2.45) is 5.41 Å². The number of rotatable bonds is 3. The lowest BCUT2D eigenvalue weighted by Crippen LogP contribution is -2.05. The first-order valence-electron chi connectivity index (χ1n) is 4.03. The van der Waals surface area contributed by atoms with Gasteiger partial charge in [-0.3, -0.25) is 0 Å². The van der Waals surface area contributed by atoms with Gasteiger partial charge in [0.15, 0.2) is 4.67 Å². The van der Waals surface area contributed by atoms with Crippen molar-refractivity contribution in [3.63, 3.8) is 0 Å². The summed E-state index contributed by atoms with van der Waals surface area (Å²) in [5.74, 6) is 0.774. The lowest BCUT2D eigenvalue weighted by Gasteiger charge is -2.07. The van der Waals surface area contributed by atoms with Gasteiger partial charge in [0, 0.05) is 5.88 Å². The first-order valence-corrected chi connectivity index (χ1v) is 5.36. The minimum Gasteiger partial charge on any atom is -0.457 e. The molecule has 0 saturated heterocycles. The van der Waals surface area contributed by atoms with Gasteiger partial charge in [-0.15, -0.1) is 11.6 Å². The van der Waals surface area contributed by atoms with Crippen LogP contribution >= 0.6 is 27.5 Å². The van der Waals surface area contributed by atoms with E-state index in [2.05, 4.69) is 15.9 Å². The SMILES string of the molecule is ClCC1(Cc2coc(Br)c2)CC1. The van der Waals surface area contributed by atoms with Crippen LogP contribution in [0.5, 0.6) is 0 Å².